The van der Waals surface area contributed by atoms with Crippen LogP contribution < -0.4 is 14.8 Å². The third-order valence-electron chi connectivity index (χ3n) is 5.02. The van der Waals surface area contributed by atoms with Crippen LogP contribution in [0.5, 0.6) is 11.5 Å². The highest BCUT2D eigenvalue weighted by Crippen LogP contribution is 2.37. The van der Waals surface area contributed by atoms with E-state index in [1.165, 1.54) is 0 Å². The number of aromatic nitrogens is 1. The Bertz CT molecular complexity index is 1220. The lowest BCUT2D eigenvalue weighted by atomic mass is 10.1. The largest absolute Gasteiger partial charge is 0.493 e. The van der Waals surface area contributed by atoms with E-state index in [0.29, 0.717) is 23.7 Å². The molecule has 0 bridgehead atoms. The number of benzene rings is 3. The average Bonchev–Trinajstić information content (AvgIpc) is 3.15. The lowest BCUT2D eigenvalue weighted by Gasteiger charge is -2.13. The molecule has 1 heterocycles. The second-order valence-corrected chi connectivity index (χ2v) is 8.21. The number of hydrogen-bond acceptors (Lipinski definition) is 4. The first-order valence-corrected chi connectivity index (χ1v) is 10.8. The van der Waals surface area contributed by atoms with E-state index in [9.17, 15) is 4.79 Å². The molecule has 3 aromatic carbocycles. The van der Waals surface area contributed by atoms with Gasteiger partial charge < -0.3 is 19.8 Å². The van der Waals surface area contributed by atoms with E-state index in [2.05, 4.69) is 28.5 Å². The summed E-state index contributed by atoms with van der Waals surface area (Å²) in [5, 5.41) is 4.06. The number of nitrogens with one attached hydrogen (secondary N) is 2. The van der Waals surface area contributed by atoms with Crippen molar-refractivity contribution in [2.24, 2.45) is 0 Å². The normalized spacial score (nSPS) is 10.8. The molecule has 4 rings (SSSR count). The molecular formula is C25H24N2O3S. The van der Waals surface area contributed by atoms with Crippen molar-refractivity contribution in [2.75, 3.05) is 14.2 Å². The summed E-state index contributed by atoms with van der Waals surface area (Å²) in [4.78, 5) is 18.5. The smallest absolute Gasteiger partial charge is 0.269 e. The summed E-state index contributed by atoms with van der Waals surface area (Å²) in [7, 11) is 3.19. The number of methoxy groups -OCH3 is 2. The Hall–Kier alpha value is -3.38. The molecular weight excluding hydrogens is 408 g/mol. The van der Waals surface area contributed by atoms with E-state index in [1.54, 1.807) is 26.0 Å². The van der Waals surface area contributed by atoms with Gasteiger partial charge >= 0.3 is 0 Å². The fraction of sp³-hybridized carbons (Fsp3) is 0.160. The lowest BCUT2D eigenvalue weighted by Crippen LogP contribution is -2.24. The molecule has 4 aromatic rings. The number of ether oxygens (including phenoxy) is 2. The van der Waals surface area contributed by atoms with Crippen LogP contribution in [0.3, 0.4) is 0 Å². The molecule has 0 aliphatic heterocycles. The topological polar surface area (TPSA) is 63.3 Å². The predicted octanol–water partition coefficient (Wildman–Crippen LogP) is 5.57. The highest BCUT2D eigenvalue weighted by atomic mass is 32.2. The second-order valence-electron chi connectivity index (χ2n) is 7.13. The summed E-state index contributed by atoms with van der Waals surface area (Å²) < 4.78 is 10.8. The summed E-state index contributed by atoms with van der Waals surface area (Å²) in [6.45, 7) is 2.36. The van der Waals surface area contributed by atoms with Gasteiger partial charge in [0, 0.05) is 27.9 Å². The Kier molecular flexibility index (Phi) is 6.18. The molecule has 158 valence electrons. The lowest BCUT2D eigenvalue weighted by molar-refractivity contribution is 0.0943. The SMILES string of the molecule is COc1cccc(CNC(=O)c2[nH]c3cc(C)ccc3c2Sc2ccccc2)c1OC. The standard InChI is InChI=1S/C25H24N2O3S/c1-16-12-13-19-20(14-16)27-22(24(19)31-18-9-5-4-6-10-18)25(28)26-15-17-8-7-11-21(29-2)23(17)30-3/h4-14,27H,15H2,1-3H3,(H,26,28). The van der Waals surface area contributed by atoms with Crippen LogP contribution in [0.1, 0.15) is 21.6 Å². The molecule has 31 heavy (non-hydrogen) atoms. The van der Waals surface area contributed by atoms with E-state index in [1.807, 2.05) is 55.5 Å². The fourth-order valence-corrected chi connectivity index (χ4v) is 4.58. The first-order chi connectivity index (χ1) is 15.1. The van der Waals surface area contributed by atoms with Gasteiger partial charge in [-0.15, -0.1) is 0 Å². The summed E-state index contributed by atoms with van der Waals surface area (Å²) in [6, 6.07) is 21.9. The number of aromatic amines is 1. The Morgan fingerprint density at radius 1 is 1.00 bits per heavy atom. The number of carbonyl (C=O) groups is 1. The van der Waals surface area contributed by atoms with Crippen LogP contribution in [0.25, 0.3) is 10.9 Å². The van der Waals surface area contributed by atoms with Gasteiger partial charge in [0.1, 0.15) is 5.69 Å². The summed E-state index contributed by atoms with van der Waals surface area (Å²) in [5.74, 6) is 1.09. The maximum Gasteiger partial charge on any atom is 0.269 e. The van der Waals surface area contributed by atoms with Gasteiger partial charge in [0.25, 0.3) is 5.91 Å². The van der Waals surface area contributed by atoms with Gasteiger partial charge in [-0.25, -0.2) is 0 Å². The summed E-state index contributed by atoms with van der Waals surface area (Å²) in [5.41, 5.74) is 3.48. The van der Waals surface area contributed by atoms with Crippen molar-refractivity contribution in [3.05, 3.63) is 83.6 Å². The van der Waals surface area contributed by atoms with Crippen molar-refractivity contribution in [2.45, 2.75) is 23.3 Å². The van der Waals surface area contributed by atoms with Gasteiger partial charge in [0.15, 0.2) is 11.5 Å². The zero-order chi connectivity index (χ0) is 21.8. The minimum absolute atomic E-state index is 0.169. The van der Waals surface area contributed by atoms with Crippen LogP contribution in [0.2, 0.25) is 0 Å². The Morgan fingerprint density at radius 3 is 2.55 bits per heavy atom. The maximum absolute atomic E-state index is 13.2. The van der Waals surface area contributed by atoms with Gasteiger partial charge in [-0.05, 0) is 36.8 Å². The van der Waals surface area contributed by atoms with Crippen LogP contribution in [0.15, 0.2) is 76.5 Å². The van der Waals surface area contributed by atoms with Crippen molar-refractivity contribution in [1.29, 1.82) is 0 Å². The number of fused-ring (bicyclic) bond motifs is 1. The van der Waals surface area contributed by atoms with E-state index < -0.39 is 0 Å². The van der Waals surface area contributed by atoms with Crippen LogP contribution in [-0.4, -0.2) is 25.1 Å². The molecule has 2 N–H and O–H groups in total. The van der Waals surface area contributed by atoms with Crippen LogP contribution >= 0.6 is 11.8 Å². The third-order valence-corrected chi connectivity index (χ3v) is 6.16. The monoisotopic (exact) mass is 432 g/mol. The molecule has 1 aromatic heterocycles. The average molecular weight is 433 g/mol. The van der Waals surface area contributed by atoms with Gasteiger partial charge in [0.05, 0.1) is 19.1 Å². The van der Waals surface area contributed by atoms with Crippen molar-refractivity contribution >= 4 is 28.6 Å². The molecule has 0 aliphatic carbocycles. The zero-order valence-corrected chi connectivity index (χ0v) is 18.5. The maximum atomic E-state index is 13.2. The fourth-order valence-electron chi connectivity index (χ4n) is 3.51. The van der Waals surface area contributed by atoms with Crippen LogP contribution in [-0.2, 0) is 6.54 Å². The number of rotatable bonds is 7. The van der Waals surface area contributed by atoms with Gasteiger partial charge in [-0.1, -0.05) is 54.2 Å². The first kappa shape index (κ1) is 20.9. The number of carbonyl (C=O) groups excluding carboxylic acids is 1. The molecule has 0 aliphatic rings. The molecule has 5 nitrogen and oxygen atoms in total. The Labute approximate surface area is 185 Å². The predicted molar refractivity (Wildman–Crippen MR) is 124 cm³/mol. The molecule has 1 amide bonds. The molecule has 0 atom stereocenters. The molecule has 0 saturated heterocycles. The number of H-pyrrole nitrogens is 1. The molecule has 0 unspecified atom stereocenters. The first-order valence-electron chi connectivity index (χ1n) is 9.94. The number of hydrogen-bond donors (Lipinski definition) is 2. The van der Waals surface area contributed by atoms with Crippen LogP contribution in [0.4, 0.5) is 0 Å². The summed E-state index contributed by atoms with van der Waals surface area (Å²) >= 11 is 1.58. The van der Waals surface area contributed by atoms with E-state index in [0.717, 1.165) is 31.8 Å². The molecule has 0 spiro atoms. The molecule has 0 radical (unpaired) electrons. The summed E-state index contributed by atoms with van der Waals surface area (Å²) in [6.07, 6.45) is 0. The number of aryl methyl sites for hydroxylation is 1. The second kappa shape index (κ2) is 9.18. The van der Waals surface area contributed by atoms with E-state index >= 15 is 0 Å². The van der Waals surface area contributed by atoms with Crippen LogP contribution in [0, 0.1) is 6.92 Å². The van der Waals surface area contributed by atoms with Crippen molar-refractivity contribution in [1.82, 2.24) is 10.3 Å². The zero-order valence-electron chi connectivity index (χ0n) is 17.7. The number of amides is 1. The van der Waals surface area contributed by atoms with Crippen molar-refractivity contribution in [3.8, 4) is 11.5 Å². The van der Waals surface area contributed by atoms with E-state index in [-0.39, 0.29) is 5.91 Å². The minimum Gasteiger partial charge on any atom is -0.493 e. The van der Waals surface area contributed by atoms with Gasteiger partial charge in [0.2, 0.25) is 0 Å². The van der Waals surface area contributed by atoms with Gasteiger partial charge in [-0.3, -0.25) is 4.79 Å². The highest BCUT2D eigenvalue weighted by molar-refractivity contribution is 7.99. The Morgan fingerprint density at radius 2 is 1.81 bits per heavy atom. The van der Waals surface area contributed by atoms with Gasteiger partial charge in [-0.2, -0.15) is 0 Å². The number of para-hydroxylation sites is 1. The molecule has 6 heteroatoms. The van der Waals surface area contributed by atoms with Crippen molar-refractivity contribution < 1.29 is 14.3 Å². The molecule has 0 saturated carbocycles. The van der Waals surface area contributed by atoms with E-state index in [4.69, 9.17) is 9.47 Å². The molecule has 0 fully saturated rings. The quantitative estimate of drug-likeness (QED) is 0.400. The van der Waals surface area contributed by atoms with Crippen molar-refractivity contribution in [3.63, 3.8) is 0 Å². The Balaban J connectivity index is 1.65. The minimum atomic E-state index is -0.169. The third kappa shape index (κ3) is 4.39. The highest BCUT2D eigenvalue weighted by Gasteiger charge is 2.20.